The molecule has 150 valence electrons. The van der Waals surface area contributed by atoms with Crippen LogP contribution >= 0.6 is 11.6 Å². The molecular formula is C22H27ClN2O3. The summed E-state index contributed by atoms with van der Waals surface area (Å²) in [4.78, 5) is 25.6. The van der Waals surface area contributed by atoms with E-state index >= 15 is 0 Å². The van der Waals surface area contributed by atoms with Crippen molar-refractivity contribution < 1.29 is 14.7 Å². The molecular weight excluding hydrogens is 376 g/mol. The van der Waals surface area contributed by atoms with E-state index in [9.17, 15) is 14.7 Å². The molecule has 28 heavy (non-hydrogen) atoms. The van der Waals surface area contributed by atoms with Gasteiger partial charge in [0.25, 0.3) is 0 Å². The van der Waals surface area contributed by atoms with Crippen LogP contribution in [-0.2, 0) is 4.79 Å². The minimum Gasteiger partial charge on any atom is -0.478 e. The number of aromatic carboxylic acids is 1. The molecule has 6 heteroatoms. The topological polar surface area (TPSA) is 62.5 Å². The molecule has 1 aromatic carbocycles. The molecule has 2 aromatic rings. The number of halogens is 1. The van der Waals surface area contributed by atoms with Crippen LogP contribution in [0.1, 0.15) is 66.7 Å². The van der Waals surface area contributed by atoms with Crippen LogP contribution in [-0.4, -0.2) is 40.0 Å². The van der Waals surface area contributed by atoms with E-state index in [2.05, 4.69) is 18.4 Å². The lowest BCUT2D eigenvalue weighted by molar-refractivity contribution is -0.133. The maximum atomic E-state index is 11.9. The maximum Gasteiger partial charge on any atom is 0.337 e. The highest BCUT2D eigenvalue weighted by molar-refractivity contribution is 6.30. The predicted molar refractivity (Wildman–Crippen MR) is 110 cm³/mol. The summed E-state index contributed by atoms with van der Waals surface area (Å²) in [5.74, 6) is -0.492. The van der Waals surface area contributed by atoms with Gasteiger partial charge in [0.05, 0.1) is 5.56 Å². The van der Waals surface area contributed by atoms with Crippen LogP contribution in [0.5, 0.6) is 0 Å². The maximum absolute atomic E-state index is 11.9. The van der Waals surface area contributed by atoms with Gasteiger partial charge in [-0.15, -0.1) is 0 Å². The fourth-order valence-corrected chi connectivity index (χ4v) is 4.31. The van der Waals surface area contributed by atoms with Crippen LogP contribution in [0, 0.1) is 5.92 Å². The number of carbonyl (C=O) groups is 2. The second-order valence-electron chi connectivity index (χ2n) is 7.94. The monoisotopic (exact) mass is 402 g/mol. The van der Waals surface area contributed by atoms with Gasteiger partial charge in [-0.3, -0.25) is 4.79 Å². The fourth-order valence-electron chi connectivity index (χ4n) is 4.18. The summed E-state index contributed by atoms with van der Waals surface area (Å²) in [6.07, 6.45) is 4.03. The normalized spacial score (nSPS) is 18.5. The predicted octanol–water partition coefficient (Wildman–Crippen LogP) is 4.81. The quantitative estimate of drug-likeness (QED) is 0.754. The number of carboxylic acid groups (broad SMARTS) is 1. The number of amides is 1. The van der Waals surface area contributed by atoms with Gasteiger partial charge < -0.3 is 14.6 Å². The number of piperidine rings is 1. The van der Waals surface area contributed by atoms with Crippen molar-refractivity contribution in [2.45, 2.75) is 45.1 Å². The second-order valence-corrected chi connectivity index (χ2v) is 8.38. The van der Waals surface area contributed by atoms with Crippen molar-refractivity contribution in [3.63, 3.8) is 0 Å². The lowest BCUT2D eigenvalue weighted by Gasteiger charge is -2.33. The van der Waals surface area contributed by atoms with E-state index in [-0.39, 0.29) is 17.9 Å². The molecule has 0 radical (unpaired) electrons. The summed E-state index contributed by atoms with van der Waals surface area (Å²) < 4.78 is 2.06. The number of likely N-dealkylation sites (tertiary alicyclic amines) is 1. The summed E-state index contributed by atoms with van der Waals surface area (Å²) in [7, 11) is 1.84. The molecule has 2 heterocycles. The molecule has 1 saturated heterocycles. The van der Waals surface area contributed by atoms with Crippen molar-refractivity contribution in [1.29, 1.82) is 0 Å². The Bertz CT molecular complexity index is 857. The number of hydrogen-bond acceptors (Lipinski definition) is 2. The highest BCUT2D eigenvalue weighted by atomic mass is 35.5. The van der Waals surface area contributed by atoms with Crippen molar-refractivity contribution in [2.75, 3.05) is 13.6 Å². The standard InChI is InChI=1S/C22H27ClN2O3/c1-14(2)25-11-10-18(22(27)28)21(25)19(16-5-7-17(23)8-6-16)12-15-4-9-20(26)24(3)13-15/h5-8,10-11,14-15,19H,4,9,12-13H2,1-3H3,(H,27,28). The van der Waals surface area contributed by atoms with E-state index in [1.165, 1.54) is 0 Å². The van der Waals surface area contributed by atoms with E-state index in [1.807, 2.05) is 37.5 Å². The first-order valence-corrected chi connectivity index (χ1v) is 10.1. The average molecular weight is 403 g/mol. The molecule has 1 aliphatic heterocycles. The van der Waals surface area contributed by atoms with E-state index in [1.54, 1.807) is 11.0 Å². The van der Waals surface area contributed by atoms with Crippen molar-refractivity contribution in [3.05, 3.63) is 58.4 Å². The summed E-state index contributed by atoms with van der Waals surface area (Å²) in [6.45, 7) is 4.82. The first-order valence-electron chi connectivity index (χ1n) is 9.71. The number of carboxylic acids is 1. The van der Waals surface area contributed by atoms with Gasteiger partial charge in [0.1, 0.15) is 0 Å². The molecule has 1 fully saturated rings. The Kier molecular flexibility index (Phi) is 6.14. The van der Waals surface area contributed by atoms with Crippen LogP contribution in [0.15, 0.2) is 36.5 Å². The summed E-state index contributed by atoms with van der Waals surface area (Å²) in [6, 6.07) is 9.50. The van der Waals surface area contributed by atoms with Crippen LogP contribution in [0.3, 0.4) is 0 Å². The molecule has 1 N–H and O–H groups in total. The SMILES string of the molecule is CC(C)n1ccc(C(=O)O)c1C(CC1CCC(=O)N(C)C1)c1ccc(Cl)cc1. The number of aromatic nitrogens is 1. The largest absolute Gasteiger partial charge is 0.478 e. The number of nitrogens with zero attached hydrogens (tertiary/aromatic N) is 2. The van der Waals surface area contributed by atoms with Gasteiger partial charge >= 0.3 is 5.97 Å². The van der Waals surface area contributed by atoms with Gasteiger partial charge in [-0.1, -0.05) is 23.7 Å². The molecule has 1 aromatic heterocycles. The number of rotatable bonds is 6. The van der Waals surface area contributed by atoms with Crippen LogP contribution in [0.2, 0.25) is 5.02 Å². The van der Waals surface area contributed by atoms with Gasteiger partial charge in [-0.2, -0.15) is 0 Å². The Morgan fingerprint density at radius 2 is 1.93 bits per heavy atom. The molecule has 5 nitrogen and oxygen atoms in total. The van der Waals surface area contributed by atoms with Crippen molar-refractivity contribution in [3.8, 4) is 0 Å². The van der Waals surface area contributed by atoms with Gasteiger partial charge in [0.15, 0.2) is 0 Å². The van der Waals surface area contributed by atoms with Gasteiger partial charge in [-0.05, 0) is 56.4 Å². The van der Waals surface area contributed by atoms with Crippen LogP contribution in [0.4, 0.5) is 0 Å². The lowest BCUT2D eigenvalue weighted by Crippen LogP contribution is -2.37. The highest BCUT2D eigenvalue weighted by Crippen LogP contribution is 2.38. The third-order valence-electron chi connectivity index (χ3n) is 5.64. The van der Waals surface area contributed by atoms with Gasteiger partial charge in [-0.25, -0.2) is 4.79 Å². The van der Waals surface area contributed by atoms with E-state index in [0.717, 1.165) is 24.1 Å². The Morgan fingerprint density at radius 1 is 1.25 bits per heavy atom. The molecule has 1 aliphatic rings. The zero-order valence-corrected chi connectivity index (χ0v) is 17.3. The second kappa shape index (κ2) is 8.39. The van der Waals surface area contributed by atoms with E-state index in [4.69, 9.17) is 11.6 Å². The lowest BCUT2D eigenvalue weighted by atomic mass is 9.81. The molecule has 0 saturated carbocycles. The molecule has 2 unspecified atom stereocenters. The van der Waals surface area contributed by atoms with E-state index < -0.39 is 5.97 Å². The third kappa shape index (κ3) is 4.25. The Morgan fingerprint density at radius 3 is 2.50 bits per heavy atom. The molecule has 3 rings (SSSR count). The Hall–Kier alpha value is -2.27. The van der Waals surface area contributed by atoms with Gasteiger partial charge in [0.2, 0.25) is 5.91 Å². The highest BCUT2D eigenvalue weighted by Gasteiger charge is 2.31. The zero-order valence-electron chi connectivity index (χ0n) is 16.6. The molecule has 1 amide bonds. The molecule has 0 aliphatic carbocycles. The average Bonchev–Trinajstić information content (AvgIpc) is 3.09. The minimum atomic E-state index is -0.913. The molecule has 0 spiro atoms. The van der Waals surface area contributed by atoms with Crippen molar-refractivity contribution in [1.82, 2.24) is 9.47 Å². The number of benzene rings is 1. The Balaban J connectivity index is 2.04. The van der Waals surface area contributed by atoms with Gasteiger partial charge in [0, 0.05) is 48.9 Å². The first kappa shape index (κ1) is 20.5. The van der Waals surface area contributed by atoms with Crippen molar-refractivity contribution >= 4 is 23.5 Å². The summed E-state index contributed by atoms with van der Waals surface area (Å²) in [5.41, 5.74) is 2.21. The minimum absolute atomic E-state index is 0.0765. The third-order valence-corrected chi connectivity index (χ3v) is 5.89. The summed E-state index contributed by atoms with van der Waals surface area (Å²) >= 11 is 6.09. The number of hydrogen-bond donors (Lipinski definition) is 1. The Labute approximate surface area is 170 Å². The molecule has 0 bridgehead atoms. The molecule has 2 atom stereocenters. The number of carbonyl (C=O) groups excluding carboxylic acids is 1. The van der Waals surface area contributed by atoms with E-state index in [0.29, 0.717) is 29.5 Å². The van der Waals surface area contributed by atoms with Crippen molar-refractivity contribution in [2.24, 2.45) is 5.92 Å². The fraction of sp³-hybridized carbons (Fsp3) is 0.455. The summed E-state index contributed by atoms with van der Waals surface area (Å²) in [5, 5.41) is 10.5. The first-order chi connectivity index (χ1) is 13.3. The van der Waals surface area contributed by atoms with Crippen LogP contribution in [0.25, 0.3) is 0 Å². The van der Waals surface area contributed by atoms with Crippen LogP contribution < -0.4 is 0 Å². The smallest absolute Gasteiger partial charge is 0.337 e. The zero-order chi connectivity index (χ0) is 20.4.